The first-order chi connectivity index (χ1) is 29.6. The molecule has 0 saturated heterocycles. The first-order valence-electron chi connectivity index (χ1n) is 21.9. The van der Waals surface area contributed by atoms with Crippen molar-refractivity contribution in [3.63, 3.8) is 0 Å². The molecule has 11 rings (SSSR count). The topological polar surface area (TPSA) is 42.0 Å². The summed E-state index contributed by atoms with van der Waals surface area (Å²) in [5, 5.41) is 3.14. The largest absolute Gasteiger partial charge is 0.468 e. The van der Waals surface area contributed by atoms with Crippen LogP contribution in [0.3, 0.4) is 0 Å². The van der Waals surface area contributed by atoms with E-state index in [4.69, 9.17) is 13.6 Å². The minimum Gasteiger partial charge on any atom is -0.468 e. The van der Waals surface area contributed by atoms with Crippen LogP contribution >= 0.6 is 0 Å². The summed E-state index contributed by atoms with van der Waals surface area (Å²) >= 11 is 0. The van der Waals surface area contributed by atoms with Gasteiger partial charge in [0.2, 0.25) is 0 Å². The maximum absolute atomic E-state index is 7.20. The van der Waals surface area contributed by atoms with Gasteiger partial charge in [-0.05, 0) is 99.7 Å². The molecule has 9 aromatic rings. The van der Waals surface area contributed by atoms with Gasteiger partial charge in [0.25, 0.3) is 0 Å². The fourth-order valence-corrected chi connectivity index (χ4v) is 9.67. The van der Waals surface area contributed by atoms with Crippen LogP contribution in [0.4, 0.5) is 34.1 Å². The second-order valence-corrected chi connectivity index (χ2v) is 20.2. The van der Waals surface area contributed by atoms with Gasteiger partial charge >= 0.3 is 6.71 Å². The number of nitrogens with zero attached hydrogens (tertiary/aromatic N) is 2. The summed E-state index contributed by atoms with van der Waals surface area (Å²) < 4.78 is 21.4. The highest BCUT2D eigenvalue weighted by molar-refractivity contribution is 7.00. The van der Waals surface area contributed by atoms with E-state index >= 15 is 0 Å². The zero-order chi connectivity index (χ0) is 42.9. The molecule has 0 aliphatic carbocycles. The van der Waals surface area contributed by atoms with Gasteiger partial charge in [0, 0.05) is 50.5 Å². The second kappa shape index (κ2) is 13.4. The van der Waals surface area contributed by atoms with Gasteiger partial charge in [-0.15, -0.1) is 0 Å². The zero-order valence-electron chi connectivity index (χ0n) is 37.1. The van der Waals surface area contributed by atoms with Gasteiger partial charge in [0.05, 0.1) is 16.8 Å². The Bertz CT molecular complexity index is 3150. The quantitative estimate of drug-likeness (QED) is 0.166. The highest BCUT2D eigenvalue weighted by Crippen LogP contribution is 2.49. The van der Waals surface area contributed by atoms with Gasteiger partial charge in [0.1, 0.15) is 33.9 Å². The molecular formula is C56H51BN2O3. The smallest absolute Gasteiger partial charge is 0.306 e. The first-order valence-corrected chi connectivity index (χ1v) is 21.9. The van der Waals surface area contributed by atoms with Crippen LogP contribution in [0, 0.1) is 0 Å². The zero-order valence-corrected chi connectivity index (χ0v) is 37.1. The van der Waals surface area contributed by atoms with Crippen molar-refractivity contribution in [1.29, 1.82) is 0 Å². The van der Waals surface area contributed by atoms with Crippen molar-refractivity contribution in [2.24, 2.45) is 0 Å². The molecule has 0 saturated carbocycles. The van der Waals surface area contributed by atoms with Crippen molar-refractivity contribution in [3.05, 3.63) is 162 Å². The van der Waals surface area contributed by atoms with Crippen LogP contribution in [0.25, 0.3) is 32.9 Å². The third-order valence-corrected chi connectivity index (χ3v) is 13.0. The molecule has 6 heteroatoms. The van der Waals surface area contributed by atoms with E-state index in [2.05, 4.69) is 218 Å². The average Bonchev–Trinajstić information content (AvgIpc) is 3.83. The Kier molecular flexibility index (Phi) is 8.29. The maximum atomic E-state index is 7.20. The molecule has 0 unspecified atom stereocenters. The molecule has 5 nitrogen and oxygen atoms in total. The van der Waals surface area contributed by atoms with E-state index in [1.807, 2.05) is 0 Å². The molecule has 0 N–H and O–H groups in total. The minimum atomic E-state index is -0.305. The number of fused-ring (bicyclic) bond motifs is 10. The van der Waals surface area contributed by atoms with E-state index in [9.17, 15) is 0 Å². The summed E-state index contributed by atoms with van der Waals surface area (Å²) in [6.07, 6.45) is 0. The Morgan fingerprint density at radius 1 is 0.500 bits per heavy atom. The van der Waals surface area contributed by atoms with Gasteiger partial charge in [-0.2, -0.15) is 0 Å². The lowest BCUT2D eigenvalue weighted by Gasteiger charge is -2.38. The molecule has 62 heavy (non-hydrogen) atoms. The van der Waals surface area contributed by atoms with E-state index in [0.29, 0.717) is 0 Å². The highest BCUT2D eigenvalue weighted by atomic mass is 16.5. The minimum absolute atomic E-state index is 0.0125. The Morgan fingerprint density at radius 3 is 1.61 bits per heavy atom. The summed E-state index contributed by atoms with van der Waals surface area (Å²) in [5.41, 5.74) is 15.5. The Balaban J connectivity index is 1.19. The van der Waals surface area contributed by atoms with Gasteiger partial charge in [-0.1, -0.05) is 135 Å². The summed E-state index contributed by atoms with van der Waals surface area (Å²) in [5.74, 6) is 1.55. The predicted octanol–water partition coefficient (Wildman–Crippen LogP) is 14.1. The number of ether oxygens (including phenoxy) is 1. The van der Waals surface area contributed by atoms with E-state index < -0.39 is 0 Å². The fourth-order valence-electron chi connectivity index (χ4n) is 9.67. The number of furan rings is 2. The summed E-state index contributed by atoms with van der Waals surface area (Å²) in [4.78, 5) is 4.74. The predicted molar refractivity (Wildman–Crippen MR) is 260 cm³/mol. The van der Waals surface area contributed by atoms with E-state index in [1.165, 1.54) is 16.7 Å². The van der Waals surface area contributed by atoms with Crippen molar-refractivity contribution in [3.8, 4) is 11.5 Å². The highest BCUT2D eigenvalue weighted by Gasteiger charge is 2.48. The molecule has 0 bridgehead atoms. The van der Waals surface area contributed by atoms with Gasteiger partial charge in [-0.25, -0.2) is 0 Å². The standard InChI is InChI=1S/C56H51BN2O3/c1-54(2,3)34-21-27-37(28-22-34)58(38-29-23-35(24-30-38)55(4,5)6)43-33-47-50(52-48(43)40-15-10-12-18-44(40)61-52)57-49-42(17-14-20-46(49)60-47)59(39-31-25-36(26-32-39)56(7,8)9)51-41-16-11-13-19-45(41)62-53(51)57/h10-33H,1-9H3. The summed E-state index contributed by atoms with van der Waals surface area (Å²) in [6, 6.07) is 52.5. The molecule has 0 radical (unpaired) electrons. The third-order valence-electron chi connectivity index (χ3n) is 13.0. The lowest BCUT2D eigenvalue weighted by Crippen LogP contribution is -2.59. The van der Waals surface area contributed by atoms with Crippen LogP contribution < -0.4 is 31.1 Å². The molecule has 0 atom stereocenters. The third kappa shape index (κ3) is 5.90. The van der Waals surface area contributed by atoms with Gasteiger partial charge < -0.3 is 23.4 Å². The molecule has 2 aliphatic heterocycles. The lowest BCUT2D eigenvalue weighted by molar-refractivity contribution is 0.487. The van der Waals surface area contributed by atoms with Gasteiger partial charge in [0.15, 0.2) is 0 Å². The Morgan fingerprint density at radius 2 is 1.03 bits per heavy atom. The molecule has 2 aliphatic rings. The molecule has 306 valence electrons. The molecular weight excluding hydrogens is 759 g/mol. The molecule has 4 heterocycles. The van der Waals surface area contributed by atoms with E-state index in [0.717, 1.165) is 95.1 Å². The van der Waals surface area contributed by atoms with Crippen LogP contribution in [-0.4, -0.2) is 6.71 Å². The van der Waals surface area contributed by atoms with Crippen LogP contribution in [0.1, 0.15) is 79.0 Å². The lowest BCUT2D eigenvalue weighted by atomic mass is 9.36. The van der Waals surface area contributed by atoms with Crippen LogP contribution in [-0.2, 0) is 16.2 Å². The van der Waals surface area contributed by atoms with Crippen LogP contribution in [0.2, 0.25) is 0 Å². The van der Waals surface area contributed by atoms with Gasteiger partial charge in [-0.3, -0.25) is 0 Å². The van der Waals surface area contributed by atoms with Crippen molar-refractivity contribution in [2.45, 2.75) is 78.6 Å². The van der Waals surface area contributed by atoms with Crippen molar-refractivity contribution in [2.75, 3.05) is 9.80 Å². The molecule has 2 aromatic heterocycles. The SMILES string of the molecule is CC(C)(C)c1ccc(N2c3cccc4c3B(c3oc5ccccc5c32)c2c(cc(N(c3ccc(C(C)(C)C)cc3)c3ccc(C(C)(C)C)cc3)c3c2oc2ccccc23)O4)cc1. The molecule has 0 spiro atoms. The summed E-state index contributed by atoms with van der Waals surface area (Å²) in [7, 11) is 0. The number of para-hydroxylation sites is 2. The second-order valence-electron chi connectivity index (χ2n) is 20.2. The van der Waals surface area contributed by atoms with E-state index in [-0.39, 0.29) is 23.0 Å². The fraction of sp³-hybridized carbons (Fsp3) is 0.214. The molecule has 7 aromatic carbocycles. The molecule has 0 amide bonds. The molecule has 0 fully saturated rings. The Hall–Kier alpha value is -6.66. The monoisotopic (exact) mass is 810 g/mol. The normalized spacial score (nSPS) is 13.6. The number of anilines is 6. The number of hydrogen-bond donors (Lipinski definition) is 0. The van der Waals surface area contributed by atoms with Crippen molar-refractivity contribution in [1.82, 2.24) is 0 Å². The number of rotatable bonds is 4. The number of benzene rings is 7. The Labute approximate surface area is 364 Å². The first kappa shape index (κ1) is 38.3. The van der Waals surface area contributed by atoms with Crippen LogP contribution in [0.5, 0.6) is 11.5 Å². The summed E-state index contributed by atoms with van der Waals surface area (Å²) in [6.45, 7) is 20.0. The number of hydrogen-bond acceptors (Lipinski definition) is 5. The van der Waals surface area contributed by atoms with Crippen LogP contribution in [0.15, 0.2) is 154 Å². The van der Waals surface area contributed by atoms with Crippen molar-refractivity contribution >= 4 is 90.3 Å². The van der Waals surface area contributed by atoms with E-state index in [1.54, 1.807) is 0 Å². The average molecular weight is 811 g/mol. The maximum Gasteiger partial charge on any atom is 0.306 e. The van der Waals surface area contributed by atoms with Crippen molar-refractivity contribution < 1.29 is 13.6 Å².